The highest BCUT2D eigenvalue weighted by Crippen LogP contribution is 2.41. The molecule has 0 bridgehead atoms. The van der Waals surface area contributed by atoms with Crippen LogP contribution in [-0.4, -0.2) is 199 Å². The Morgan fingerprint density at radius 3 is 0.286 bits per heavy atom. The molecule has 0 atom stereocenters. The minimum absolute atomic E-state index is 0.271. The fraction of sp³-hybridized carbons (Fsp3) is 0.273. The zero-order valence-electron chi connectivity index (χ0n) is 74.9. The average molecular weight is 1800 g/mol. The van der Waals surface area contributed by atoms with Gasteiger partial charge in [-0.05, 0) is 183 Å². The highest BCUT2D eigenvalue weighted by atomic mass is 16.6. The van der Waals surface area contributed by atoms with Gasteiger partial charge in [0.15, 0.2) is 92.0 Å². The molecule has 688 valence electrons. The first-order valence-electron chi connectivity index (χ1n) is 45.0. The molecule has 0 saturated heterocycles. The van der Waals surface area contributed by atoms with Crippen molar-refractivity contribution in [2.45, 2.75) is 0 Å². The molecule has 0 aliphatic carbocycles. The smallest absolute Gasteiger partial charge is 0.161 e. The van der Waals surface area contributed by atoms with Gasteiger partial charge in [-0.3, -0.25) is 0 Å². The summed E-state index contributed by atoms with van der Waals surface area (Å²) in [6.07, 6.45) is 0. The summed E-state index contributed by atoms with van der Waals surface area (Å²) in [5.41, 5.74) is 0. The fourth-order valence-corrected chi connectivity index (χ4v) is 15.1. The van der Waals surface area contributed by atoms with Gasteiger partial charge < -0.3 is 109 Å². The predicted octanol–water partition coefficient (Wildman–Crippen LogP) is 21.3. The summed E-state index contributed by atoms with van der Waals surface area (Å²) in [7, 11) is 3.28. The molecular weight excluding hydrogens is 1690 g/mol. The molecule has 0 amide bonds. The van der Waals surface area contributed by atoms with E-state index in [4.69, 9.17) is 109 Å². The Morgan fingerprint density at radius 2 is 0.195 bits per heavy atom. The highest BCUT2D eigenvalue weighted by Gasteiger charge is 2.19. The van der Waals surface area contributed by atoms with Crippen LogP contribution in [0.4, 0.5) is 0 Å². The number of benzene rings is 16. The maximum absolute atomic E-state index is 6.34. The maximum Gasteiger partial charge on any atom is 0.161 e. The Kier molecular flexibility index (Phi) is 34.3. The van der Waals surface area contributed by atoms with E-state index < -0.39 is 0 Å². The number of rotatable bonds is 58. The van der Waals surface area contributed by atoms with Crippen LogP contribution < -0.4 is 75.8 Å². The van der Waals surface area contributed by atoms with Crippen molar-refractivity contribution >= 4 is 86.2 Å². The molecule has 23 heteroatoms. The highest BCUT2D eigenvalue weighted by molar-refractivity contribution is 5.92. The Hall–Kier alpha value is -13.9. The zero-order chi connectivity index (χ0) is 90.5. The standard InChI is InChI=1S/C110H110O23/c1-111-95-63-79-19-3-5-21-81(79)65-97(95)120-49-35-113-37-51-122-99-67-83-23-7-9-25-85(83)69-101(99)124-53-39-115-41-55-126-103-71-87-27-11-13-29-89(87)73-105(103)128-57-43-117-45-59-130-107-75-91-31-15-17-33-93(91)77-109(107)132-61-47-119-48-62-133-110-78-94-34-18-16-32-92(94)76-108(110)131-60-46-118-44-58-129-106-74-90-30-14-12-28-88(90)72-104(106)127-56-42-116-40-54-125-102-70-86-26-10-8-24-84(86)68-100(102)123-52-38-114-36-50-121-98-66-82-22-6-4-20-80(82)64-96(98)112-2/h3-34,63-78H,35-62H2,1-2H3. The predicted molar refractivity (Wildman–Crippen MR) is 517 cm³/mol. The van der Waals surface area contributed by atoms with Gasteiger partial charge in [0.05, 0.1) is 107 Å². The molecule has 0 aliphatic heterocycles. The summed E-state index contributed by atoms with van der Waals surface area (Å²) in [5.74, 6) is 9.93. The third-order valence-corrected chi connectivity index (χ3v) is 21.7. The lowest BCUT2D eigenvalue weighted by atomic mass is 10.1. The maximum atomic E-state index is 6.34. The van der Waals surface area contributed by atoms with E-state index in [0.717, 1.165) is 86.2 Å². The van der Waals surface area contributed by atoms with Gasteiger partial charge >= 0.3 is 0 Å². The summed E-state index contributed by atoms with van der Waals surface area (Å²) in [4.78, 5) is 0. The first-order chi connectivity index (χ1) is 65.9. The van der Waals surface area contributed by atoms with Gasteiger partial charge in [-0.1, -0.05) is 194 Å². The van der Waals surface area contributed by atoms with Crippen LogP contribution in [0.3, 0.4) is 0 Å². The van der Waals surface area contributed by atoms with Crippen LogP contribution >= 0.6 is 0 Å². The van der Waals surface area contributed by atoms with E-state index in [9.17, 15) is 0 Å². The Morgan fingerprint density at radius 1 is 0.113 bits per heavy atom. The van der Waals surface area contributed by atoms with Crippen molar-refractivity contribution < 1.29 is 109 Å². The summed E-state index contributed by atoms with van der Waals surface area (Å²) in [5, 5.41) is 16.6. The molecule has 0 fully saturated rings. The Labute approximate surface area is 773 Å². The lowest BCUT2D eigenvalue weighted by Crippen LogP contribution is -2.15. The number of fused-ring (bicyclic) bond motifs is 8. The monoisotopic (exact) mass is 1800 g/mol. The molecule has 16 aromatic rings. The van der Waals surface area contributed by atoms with Gasteiger partial charge in [0.1, 0.15) is 92.5 Å². The minimum Gasteiger partial charge on any atom is -0.493 e. The topological polar surface area (TPSA) is 212 Å². The minimum atomic E-state index is 0.271. The number of hydrogen-bond acceptors (Lipinski definition) is 23. The molecule has 0 spiro atoms. The quantitative estimate of drug-likeness (QED) is 0.0324. The van der Waals surface area contributed by atoms with Crippen molar-refractivity contribution in [2.75, 3.05) is 199 Å². The fourth-order valence-electron chi connectivity index (χ4n) is 15.1. The van der Waals surface area contributed by atoms with E-state index in [1.807, 2.05) is 291 Å². The van der Waals surface area contributed by atoms with Gasteiger partial charge in [-0.25, -0.2) is 0 Å². The largest absolute Gasteiger partial charge is 0.493 e. The van der Waals surface area contributed by atoms with Gasteiger partial charge in [0.2, 0.25) is 0 Å². The van der Waals surface area contributed by atoms with Crippen LogP contribution in [0.2, 0.25) is 0 Å². The van der Waals surface area contributed by atoms with Crippen LogP contribution in [-0.2, 0) is 33.2 Å². The summed E-state index contributed by atoms with van der Waals surface area (Å²) < 4.78 is 141. The molecule has 0 heterocycles. The first kappa shape index (κ1) is 92.4. The normalized spacial score (nSPS) is 11.4. The number of ether oxygens (including phenoxy) is 23. The first-order valence-corrected chi connectivity index (χ1v) is 45.0. The molecule has 16 rings (SSSR count). The van der Waals surface area contributed by atoms with Gasteiger partial charge in [-0.15, -0.1) is 0 Å². The van der Waals surface area contributed by atoms with Gasteiger partial charge in [0, 0.05) is 0 Å². The molecule has 0 N–H and O–H groups in total. The Bertz CT molecular complexity index is 5930. The SMILES string of the molecule is COc1cc2ccccc2cc1OCCOCCOc1cc2ccccc2cc1OCCOCCOc1cc2ccccc2cc1OCCOCCOc1cc2ccccc2cc1OCCOCCOc1cc2ccccc2cc1OCCOCCOc1cc2ccccc2cc1OCCOCCOc1cc2ccccc2cc1OCCOCCOc1cc2ccccc2cc1OC. The molecule has 0 aliphatic rings. The third kappa shape index (κ3) is 26.7. The molecule has 0 unspecified atom stereocenters. The zero-order valence-corrected chi connectivity index (χ0v) is 74.9. The molecular formula is C110H110O23. The van der Waals surface area contributed by atoms with Crippen LogP contribution in [0.25, 0.3) is 86.2 Å². The molecule has 0 saturated carbocycles. The second kappa shape index (κ2) is 49.4. The lowest BCUT2D eigenvalue weighted by molar-refractivity contribution is 0.0649. The molecule has 133 heavy (non-hydrogen) atoms. The second-order valence-electron chi connectivity index (χ2n) is 30.7. The van der Waals surface area contributed by atoms with E-state index in [1.165, 1.54) is 0 Å². The van der Waals surface area contributed by atoms with Crippen LogP contribution in [0.1, 0.15) is 0 Å². The molecule has 16 aromatic carbocycles. The lowest BCUT2D eigenvalue weighted by Gasteiger charge is -2.16. The summed E-state index contributed by atoms with van der Waals surface area (Å²) in [6.45, 7) is 8.74. The van der Waals surface area contributed by atoms with Gasteiger partial charge in [-0.2, -0.15) is 0 Å². The summed E-state index contributed by atoms with van der Waals surface area (Å²) >= 11 is 0. The Balaban J connectivity index is 0.421. The van der Waals surface area contributed by atoms with Crippen molar-refractivity contribution in [1.82, 2.24) is 0 Å². The number of hydrogen-bond donors (Lipinski definition) is 0. The molecule has 0 radical (unpaired) electrons. The van der Waals surface area contributed by atoms with Crippen LogP contribution in [0.15, 0.2) is 291 Å². The van der Waals surface area contributed by atoms with E-state index in [2.05, 4.69) is 0 Å². The van der Waals surface area contributed by atoms with E-state index in [-0.39, 0.29) is 52.9 Å². The van der Waals surface area contributed by atoms with Crippen LogP contribution in [0.5, 0.6) is 92.0 Å². The van der Waals surface area contributed by atoms with Gasteiger partial charge in [0.25, 0.3) is 0 Å². The molecule has 23 nitrogen and oxygen atoms in total. The second-order valence-corrected chi connectivity index (χ2v) is 30.7. The van der Waals surface area contributed by atoms with Crippen molar-refractivity contribution in [3.05, 3.63) is 291 Å². The van der Waals surface area contributed by atoms with E-state index in [0.29, 0.717) is 224 Å². The van der Waals surface area contributed by atoms with E-state index in [1.54, 1.807) is 14.2 Å². The average Bonchev–Trinajstić information content (AvgIpc) is 0.810. The van der Waals surface area contributed by atoms with Crippen molar-refractivity contribution in [3.8, 4) is 92.0 Å². The van der Waals surface area contributed by atoms with Crippen molar-refractivity contribution in [2.24, 2.45) is 0 Å². The third-order valence-electron chi connectivity index (χ3n) is 21.7. The van der Waals surface area contributed by atoms with E-state index >= 15 is 0 Å². The number of methoxy groups -OCH3 is 2. The summed E-state index contributed by atoms with van der Waals surface area (Å²) in [6, 6.07) is 96.4. The molecule has 0 aromatic heterocycles. The van der Waals surface area contributed by atoms with Crippen LogP contribution in [0, 0.1) is 0 Å². The van der Waals surface area contributed by atoms with Crippen molar-refractivity contribution in [3.63, 3.8) is 0 Å². The van der Waals surface area contributed by atoms with Crippen molar-refractivity contribution in [1.29, 1.82) is 0 Å².